The number of nitrogens with zero attached hydrogens (tertiary/aromatic N) is 5. The summed E-state index contributed by atoms with van der Waals surface area (Å²) in [7, 11) is 0. The molecule has 25 heavy (non-hydrogen) atoms. The van der Waals surface area contributed by atoms with Gasteiger partial charge in [0.25, 0.3) is 11.5 Å². The lowest BCUT2D eigenvalue weighted by molar-refractivity contribution is -0.647. The first-order chi connectivity index (χ1) is 12.4. The first-order valence-corrected chi connectivity index (χ1v) is 8.33. The van der Waals surface area contributed by atoms with Gasteiger partial charge in [-0.15, -0.1) is 0 Å². The Labute approximate surface area is 143 Å². The van der Waals surface area contributed by atoms with Gasteiger partial charge < -0.3 is 0 Å². The van der Waals surface area contributed by atoms with Crippen LogP contribution < -0.4 is 4.57 Å². The second kappa shape index (κ2) is 4.54. The third-order valence-electron chi connectivity index (χ3n) is 4.87. The number of imidazole rings is 2. The molecular weight excluding hydrogens is 310 g/mol. The van der Waals surface area contributed by atoms with Crippen LogP contribution in [0.3, 0.4) is 0 Å². The predicted molar refractivity (Wildman–Crippen MR) is 94.6 cm³/mol. The molecule has 0 radical (unpaired) electrons. The van der Waals surface area contributed by atoms with E-state index in [0.29, 0.717) is 0 Å². The van der Waals surface area contributed by atoms with Crippen molar-refractivity contribution in [2.24, 2.45) is 0 Å². The normalized spacial score (nSPS) is 12.6. The molecule has 5 nitrogen and oxygen atoms in total. The van der Waals surface area contributed by atoms with E-state index < -0.39 is 0 Å². The third kappa shape index (κ3) is 1.59. The summed E-state index contributed by atoms with van der Waals surface area (Å²) in [4.78, 5) is 9.56. The van der Waals surface area contributed by atoms with Crippen molar-refractivity contribution in [3.05, 3.63) is 78.6 Å². The number of rotatable bonds is 1. The van der Waals surface area contributed by atoms with E-state index in [4.69, 9.17) is 4.98 Å². The summed E-state index contributed by atoms with van der Waals surface area (Å²) in [5.41, 5.74) is 6.41. The monoisotopic (exact) mass is 324 g/mol. The zero-order chi connectivity index (χ0) is 16.4. The van der Waals surface area contributed by atoms with Gasteiger partial charge in [-0.2, -0.15) is 0 Å². The summed E-state index contributed by atoms with van der Waals surface area (Å²) < 4.78 is 6.69. The second-order valence-electron chi connectivity index (χ2n) is 6.28. The maximum absolute atomic E-state index is 4.89. The Morgan fingerprint density at radius 3 is 2.72 bits per heavy atom. The van der Waals surface area contributed by atoms with Gasteiger partial charge in [-0.1, -0.05) is 35.3 Å². The molecule has 1 aromatic carbocycles. The average molecular weight is 324 g/mol. The van der Waals surface area contributed by atoms with Crippen molar-refractivity contribution >= 4 is 16.9 Å². The maximum Gasteiger partial charge on any atom is 0.324 e. The van der Waals surface area contributed by atoms with Crippen molar-refractivity contribution < 1.29 is 4.57 Å². The highest BCUT2D eigenvalue weighted by Crippen LogP contribution is 2.32. The molecule has 4 aromatic heterocycles. The van der Waals surface area contributed by atoms with E-state index in [9.17, 15) is 0 Å². The molecule has 0 bridgehead atoms. The lowest BCUT2D eigenvalue weighted by atomic mass is 10.2. The molecule has 0 spiro atoms. The van der Waals surface area contributed by atoms with Gasteiger partial charge in [-0.3, -0.25) is 4.40 Å². The van der Waals surface area contributed by atoms with Crippen LogP contribution in [-0.2, 0) is 6.54 Å². The van der Waals surface area contributed by atoms with Crippen molar-refractivity contribution in [1.82, 2.24) is 18.9 Å². The number of benzene rings is 1. The summed E-state index contributed by atoms with van der Waals surface area (Å²) in [5.74, 6) is 1.09. The van der Waals surface area contributed by atoms with Crippen LogP contribution in [0.1, 0.15) is 5.56 Å². The molecule has 6 rings (SSSR count). The fourth-order valence-electron chi connectivity index (χ4n) is 3.82. The van der Waals surface area contributed by atoms with Gasteiger partial charge in [0.2, 0.25) is 5.65 Å². The van der Waals surface area contributed by atoms with Crippen LogP contribution >= 0.6 is 0 Å². The van der Waals surface area contributed by atoms with E-state index in [1.54, 1.807) is 0 Å². The number of hydrogen-bond donors (Lipinski definition) is 0. The minimum absolute atomic E-state index is 0.804. The Hall–Kier alpha value is -3.47. The first-order valence-electron chi connectivity index (χ1n) is 8.33. The summed E-state index contributed by atoms with van der Waals surface area (Å²) in [6.45, 7) is 0.804. The highest BCUT2D eigenvalue weighted by molar-refractivity contribution is 5.78. The van der Waals surface area contributed by atoms with Gasteiger partial charge in [0.15, 0.2) is 0 Å². The molecule has 0 atom stereocenters. The molecule has 0 saturated carbocycles. The molecule has 0 N–H and O–H groups in total. The Bertz CT molecular complexity index is 1260. The average Bonchev–Trinajstić information content (AvgIpc) is 3.30. The third-order valence-corrected chi connectivity index (χ3v) is 4.87. The summed E-state index contributed by atoms with van der Waals surface area (Å²) in [6, 6.07) is 20.7. The lowest BCUT2D eigenvalue weighted by Gasteiger charge is -2.03. The quantitative estimate of drug-likeness (QED) is 0.436. The molecule has 5 heteroatoms. The van der Waals surface area contributed by atoms with Crippen LogP contribution in [0.15, 0.2) is 73.1 Å². The van der Waals surface area contributed by atoms with Gasteiger partial charge in [0, 0.05) is 18.0 Å². The minimum Gasteiger partial charge on any atom is -0.255 e. The highest BCUT2D eigenvalue weighted by Gasteiger charge is 2.37. The molecule has 0 fully saturated rings. The molecule has 1 aliphatic heterocycles. The predicted octanol–water partition coefficient (Wildman–Crippen LogP) is 2.99. The Balaban J connectivity index is 1.84. The molecule has 118 valence electrons. The number of aromatic nitrogens is 5. The molecule has 1 aliphatic rings. The van der Waals surface area contributed by atoms with Gasteiger partial charge >= 0.3 is 5.65 Å². The Morgan fingerprint density at radius 2 is 1.80 bits per heavy atom. The van der Waals surface area contributed by atoms with Crippen molar-refractivity contribution in [3.63, 3.8) is 0 Å². The van der Waals surface area contributed by atoms with Crippen LogP contribution in [0.5, 0.6) is 0 Å². The molecule has 0 unspecified atom stereocenters. The molecule has 0 aliphatic carbocycles. The van der Waals surface area contributed by atoms with Gasteiger partial charge in [0.1, 0.15) is 11.4 Å². The van der Waals surface area contributed by atoms with Crippen LogP contribution in [0.2, 0.25) is 0 Å². The topological polar surface area (TPSA) is 39.0 Å². The Morgan fingerprint density at radius 1 is 0.920 bits per heavy atom. The summed E-state index contributed by atoms with van der Waals surface area (Å²) in [5, 5.41) is 0. The second-order valence-corrected chi connectivity index (χ2v) is 6.28. The standard InChI is InChI=1S/C20H14N5/c1-2-8-15(9-3-1)25-19-17-14(7-6-11-21-17)13-24(19)18-20(25)23-12-5-4-10-16(23)22-18/h1-12H,13H2/q+1. The SMILES string of the molecule is c1ccc(-n2c3[n+](c4nc5ccccn5c42)Cc2cccnc2-3)cc1. The van der Waals surface area contributed by atoms with Crippen LogP contribution in [0.25, 0.3) is 34.1 Å². The van der Waals surface area contributed by atoms with Crippen molar-refractivity contribution in [3.8, 4) is 17.2 Å². The summed E-state index contributed by atoms with van der Waals surface area (Å²) >= 11 is 0. The van der Waals surface area contributed by atoms with Crippen molar-refractivity contribution in [1.29, 1.82) is 0 Å². The fraction of sp³-hybridized carbons (Fsp3) is 0.0500. The number of hydrogen-bond acceptors (Lipinski definition) is 2. The van der Waals surface area contributed by atoms with Gasteiger partial charge in [0.05, 0.1) is 6.54 Å². The van der Waals surface area contributed by atoms with Crippen LogP contribution in [-0.4, -0.2) is 18.9 Å². The van der Waals surface area contributed by atoms with E-state index in [1.165, 1.54) is 5.56 Å². The van der Waals surface area contributed by atoms with E-state index in [2.05, 4.69) is 55.0 Å². The van der Waals surface area contributed by atoms with Crippen LogP contribution in [0.4, 0.5) is 0 Å². The zero-order valence-corrected chi connectivity index (χ0v) is 13.4. The number of fused-ring (bicyclic) bond motifs is 7. The number of para-hydroxylation sites is 1. The molecule has 5 aromatic rings. The lowest BCUT2D eigenvalue weighted by Crippen LogP contribution is -2.31. The van der Waals surface area contributed by atoms with Crippen molar-refractivity contribution in [2.45, 2.75) is 6.54 Å². The number of pyridine rings is 2. The molecular formula is C20H14N5+. The largest absolute Gasteiger partial charge is 0.324 e. The smallest absolute Gasteiger partial charge is 0.255 e. The highest BCUT2D eigenvalue weighted by atomic mass is 15.3. The van der Waals surface area contributed by atoms with Gasteiger partial charge in [-0.05, 0) is 30.3 Å². The van der Waals surface area contributed by atoms with Crippen LogP contribution in [0, 0.1) is 0 Å². The minimum atomic E-state index is 0.804. The zero-order valence-electron chi connectivity index (χ0n) is 13.4. The van der Waals surface area contributed by atoms with Crippen molar-refractivity contribution in [2.75, 3.05) is 0 Å². The Kier molecular flexibility index (Phi) is 2.34. The maximum atomic E-state index is 4.89. The molecule has 0 amide bonds. The van der Waals surface area contributed by atoms with E-state index in [-0.39, 0.29) is 0 Å². The fourth-order valence-corrected chi connectivity index (χ4v) is 3.82. The first kappa shape index (κ1) is 12.9. The van der Waals surface area contributed by atoms with Gasteiger partial charge in [-0.25, -0.2) is 14.1 Å². The molecule has 0 saturated heterocycles. The van der Waals surface area contributed by atoms with E-state index >= 15 is 0 Å². The van der Waals surface area contributed by atoms with E-state index in [1.807, 2.05) is 36.5 Å². The summed E-state index contributed by atoms with van der Waals surface area (Å²) in [6.07, 6.45) is 3.93. The molecule has 5 heterocycles. The van der Waals surface area contributed by atoms with E-state index in [0.717, 1.165) is 40.7 Å².